The van der Waals surface area contributed by atoms with E-state index in [1.54, 1.807) is 0 Å². The highest BCUT2D eigenvalue weighted by atomic mass is 16.5. The Morgan fingerprint density at radius 2 is 1.39 bits per heavy atom. The standard InChI is InChI=1S/C47H35N3O/c1-3-13-30(14-4-1)34-19-11-20-36(28-34)46-48-45(32-16-5-2-6-17-32)49-47(50-46)40-29-41-43-37(35-26-25-31-15-7-8-18-33(31)27-35)23-12-24-42(43)51-44(41)39-22-10-9-21-38(39)40/h2-3,5-9,11-21,23-29,42-43H,1,4,10,22H2. The zero-order valence-corrected chi connectivity index (χ0v) is 28.2. The second-order valence-electron chi connectivity index (χ2n) is 13.7. The number of hydrogen-bond acceptors (Lipinski definition) is 4. The lowest BCUT2D eigenvalue weighted by Gasteiger charge is -2.23. The molecule has 0 saturated heterocycles. The highest BCUT2D eigenvalue weighted by molar-refractivity contribution is 5.90. The Kier molecular flexibility index (Phi) is 7.19. The van der Waals surface area contributed by atoms with E-state index in [9.17, 15) is 0 Å². The second-order valence-corrected chi connectivity index (χ2v) is 13.7. The third-order valence-electron chi connectivity index (χ3n) is 10.6. The summed E-state index contributed by atoms with van der Waals surface area (Å²) in [5.74, 6) is 3.09. The molecule has 51 heavy (non-hydrogen) atoms. The van der Waals surface area contributed by atoms with Crippen molar-refractivity contribution in [1.29, 1.82) is 0 Å². The van der Waals surface area contributed by atoms with E-state index in [1.165, 1.54) is 44.2 Å². The number of aromatic nitrogens is 3. The topological polar surface area (TPSA) is 47.9 Å². The molecule has 3 aliphatic carbocycles. The highest BCUT2D eigenvalue weighted by Crippen LogP contribution is 2.53. The van der Waals surface area contributed by atoms with Crippen LogP contribution in [0.4, 0.5) is 0 Å². The summed E-state index contributed by atoms with van der Waals surface area (Å²) in [7, 11) is 0. The van der Waals surface area contributed by atoms with Gasteiger partial charge >= 0.3 is 0 Å². The summed E-state index contributed by atoms with van der Waals surface area (Å²) in [5, 5.41) is 2.48. The van der Waals surface area contributed by atoms with Gasteiger partial charge in [0, 0.05) is 27.8 Å². The van der Waals surface area contributed by atoms with Gasteiger partial charge in [0.2, 0.25) is 0 Å². The maximum Gasteiger partial charge on any atom is 0.164 e. The molecule has 2 atom stereocenters. The first-order valence-electron chi connectivity index (χ1n) is 18.0. The Labute approximate surface area is 297 Å². The number of nitrogens with zero attached hydrogens (tertiary/aromatic N) is 3. The van der Waals surface area contributed by atoms with E-state index in [0.717, 1.165) is 53.7 Å². The zero-order chi connectivity index (χ0) is 33.7. The molecule has 0 spiro atoms. The van der Waals surface area contributed by atoms with E-state index in [4.69, 9.17) is 19.7 Å². The molecule has 4 aliphatic rings. The largest absolute Gasteiger partial charge is 0.485 e. The molecule has 5 aromatic carbocycles. The smallest absolute Gasteiger partial charge is 0.164 e. The molecular formula is C47H35N3O. The lowest BCUT2D eigenvalue weighted by atomic mass is 9.78. The fourth-order valence-corrected chi connectivity index (χ4v) is 8.08. The summed E-state index contributed by atoms with van der Waals surface area (Å²) in [6, 6.07) is 36.5. The van der Waals surface area contributed by atoms with Crippen LogP contribution in [0.25, 0.3) is 62.2 Å². The van der Waals surface area contributed by atoms with Gasteiger partial charge in [-0.3, -0.25) is 0 Å². The first-order valence-corrected chi connectivity index (χ1v) is 18.0. The molecular weight excluding hydrogens is 623 g/mol. The molecule has 4 nitrogen and oxygen atoms in total. The van der Waals surface area contributed by atoms with Crippen molar-refractivity contribution in [3.05, 3.63) is 173 Å². The van der Waals surface area contributed by atoms with Gasteiger partial charge in [-0.15, -0.1) is 0 Å². The van der Waals surface area contributed by atoms with Gasteiger partial charge in [-0.2, -0.15) is 0 Å². The predicted molar refractivity (Wildman–Crippen MR) is 208 cm³/mol. The Morgan fingerprint density at radius 3 is 2.27 bits per heavy atom. The molecule has 1 aliphatic heterocycles. The molecule has 2 unspecified atom stereocenters. The maximum absolute atomic E-state index is 6.87. The van der Waals surface area contributed by atoms with Crippen molar-refractivity contribution in [3.63, 3.8) is 0 Å². The van der Waals surface area contributed by atoms with E-state index in [1.807, 2.05) is 18.2 Å². The number of ether oxygens (including phenoxy) is 1. The van der Waals surface area contributed by atoms with Gasteiger partial charge < -0.3 is 4.74 Å². The lowest BCUT2D eigenvalue weighted by molar-refractivity contribution is 0.269. The fourth-order valence-electron chi connectivity index (χ4n) is 8.08. The van der Waals surface area contributed by atoms with Gasteiger partial charge in [0.15, 0.2) is 17.5 Å². The van der Waals surface area contributed by atoms with Crippen LogP contribution in [0.2, 0.25) is 0 Å². The minimum atomic E-state index is -0.0728. The normalized spacial score (nSPS) is 18.4. The Hall–Kier alpha value is -6.13. The van der Waals surface area contributed by atoms with Crippen LogP contribution in [-0.4, -0.2) is 21.1 Å². The van der Waals surface area contributed by atoms with Gasteiger partial charge in [-0.05, 0) is 88.6 Å². The van der Waals surface area contributed by atoms with Crippen molar-refractivity contribution in [3.8, 4) is 39.9 Å². The van der Waals surface area contributed by atoms with Crippen LogP contribution in [0.3, 0.4) is 0 Å². The molecule has 1 aromatic heterocycles. The van der Waals surface area contributed by atoms with Gasteiger partial charge in [0.05, 0.1) is 5.92 Å². The molecule has 0 radical (unpaired) electrons. The van der Waals surface area contributed by atoms with Gasteiger partial charge in [-0.1, -0.05) is 127 Å². The average Bonchev–Trinajstić information content (AvgIpc) is 3.60. The SMILES string of the molecule is C1=CC2Oc3c(cc(-c4nc(-c5ccccc5)nc(-c5cccc(C6=CCCC=C6)c5)n4)c4c3CCC=C4)C2C(c2ccc3ccccc3c2)=C1. The van der Waals surface area contributed by atoms with Crippen LogP contribution in [0.1, 0.15) is 53.0 Å². The van der Waals surface area contributed by atoms with E-state index >= 15 is 0 Å². The van der Waals surface area contributed by atoms with Gasteiger partial charge in [0.1, 0.15) is 11.9 Å². The lowest BCUT2D eigenvalue weighted by Crippen LogP contribution is -2.19. The maximum atomic E-state index is 6.87. The molecule has 0 saturated carbocycles. The molecule has 4 heteroatoms. The molecule has 0 fully saturated rings. The van der Waals surface area contributed by atoms with E-state index in [-0.39, 0.29) is 12.0 Å². The fraction of sp³-hybridized carbons (Fsp3) is 0.128. The quantitative estimate of drug-likeness (QED) is 0.185. The van der Waals surface area contributed by atoms with Crippen LogP contribution < -0.4 is 4.74 Å². The number of hydrogen-bond donors (Lipinski definition) is 0. The predicted octanol–water partition coefficient (Wildman–Crippen LogP) is 11.2. The third kappa shape index (κ3) is 5.26. The van der Waals surface area contributed by atoms with Crippen molar-refractivity contribution in [2.24, 2.45) is 0 Å². The molecule has 10 rings (SSSR count). The third-order valence-corrected chi connectivity index (χ3v) is 10.6. The van der Waals surface area contributed by atoms with Crippen LogP contribution >= 0.6 is 0 Å². The minimum absolute atomic E-state index is 0.0597. The Balaban J connectivity index is 1.15. The molecule has 2 heterocycles. The van der Waals surface area contributed by atoms with Crippen LogP contribution in [-0.2, 0) is 6.42 Å². The molecule has 244 valence electrons. The van der Waals surface area contributed by atoms with Crippen LogP contribution in [0.15, 0.2) is 146 Å². The number of allylic oxidation sites excluding steroid dienone is 7. The minimum Gasteiger partial charge on any atom is -0.485 e. The average molecular weight is 658 g/mol. The first-order chi connectivity index (χ1) is 25.3. The molecule has 0 N–H and O–H groups in total. The molecule has 6 aromatic rings. The molecule has 0 amide bonds. The molecule has 0 bridgehead atoms. The number of benzene rings is 5. The second kappa shape index (κ2) is 12.3. The van der Waals surface area contributed by atoms with Crippen molar-refractivity contribution in [2.45, 2.75) is 37.7 Å². The van der Waals surface area contributed by atoms with Crippen molar-refractivity contribution < 1.29 is 4.74 Å². The highest BCUT2D eigenvalue weighted by Gasteiger charge is 2.40. The zero-order valence-electron chi connectivity index (χ0n) is 28.2. The summed E-state index contributed by atoms with van der Waals surface area (Å²) in [5.41, 5.74) is 11.4. The van der Waals surface area contributed by atoms with E-state index < -0.39 is 0 Å². The Morgan fingerprint density at radius 1 is 0.608 bits per heavy atom. The number of fused-ring (bicyclic) bond motifs is 6. The van der Waals surface area contributed by atoms with E-state index in [2.05, 4.69) is 134 Å². The summed E-state index contributed by atoms with van der Waals surface area (Å²) >= 11 is 0. The summed E-state index contributed by atoms with van der Waals surface area (Å²) < 4.78 is 6.87. The summed E-state index contributed by atoms with van der Waals surface area (Å²) in [6.07, 6.45) is 21.9. The Bertz CT molecular complexity index is 2520. The van der Waals surface area contributed by atoms with Crippen molar-refractivity contribution in [1.82, 2.24) is 15.0 Å². The van der Waals surface area contributed by atoms with Crippen LogP contribution in [0.5, 0.6) is 5.75 Å². The first kappa shape index (κ1) is 29.8. The summed E-state index contributed by atoms with van der Waals surface area (Å²) in [6.45, 7) is 0. The van der Waals surface area contributed by atoms with Crippen LogP contribution in [0, 0.1) is 0 Å². The van der Waals surface area contributed by atoms with Gasteiger partial charge in [0.25, 0.3) is 0 Å². The number of rotatable bonds is 5. The van der Waals surface area contributed by atoms with Crippen molar-refractivity contribution in [2.75, 3.05) is 0 Å². The van der Waals surface area contributed by atoms with E-state index in [0.29, 0.717) is 17.5 Å². The summed E-state index contributed by atoms with van der Waals surface area (Å²) in [4.78, 5) is 15.6. The monoisotopic (exact) mass is 657 g/mol. The van der Waals surface area contributed by atoms with Crippen molar-refractivity contribution >= 4 is 28.0 Å². The van der Waals surface area contributed by atoms with Gasteiger partial charge in [-0.25, -0.2) is 15.0 Å².